The van der Waals surface area contributed by atoms with Crippen LogP contribution in [0.5, 0.6) is 0 Å². The lowest BCUT2D eigenvalue weighted by molar-refractivity contribution is -0.134. The fraction of sp³-hybridized carbons (Fsp3) is 0.526. The Morgan fingerprint density at radius 1 is 1.37 bits per heavy atom. The molecule has 0 bridgehead atoms. The maximum absolute atomic E-state index is 12.8. The van der Waals surface area contributed by atoms with Crippen molar-refractivity contribution in [3.63, 3.8) is 0 Å². The number of benzene rings is 1. The Labute approximate surface area is 171 Å². The van der Waals surface area contributed by atoms with Crippen molar-refractivity contribution in [2.24, 2.45) is 0 Å². The highest BCUT2D eigenvalue weighted by Crippen LogP contribution is 2.29. The molecule has 3 rings (SSSR count). The maximum Gasteiger partial charge on any atom is 0.226 e. The lowest BCUT2D eigenvalue weighted by Crippen LogP contribution is -2.48. The minimum atomic E-state index is -0.0236. The van der Waals surface area contributed by atoms with Gasteiger partial charge in [-0.2, -0.15) is 4.98 Å². The number of aromatic nitrogens is 2. The van der Waals surface area contributed by atoms with E-state index in [0.717, 1.165) is 37.3 Å². The summed E-state index contributed by atoms with van der Waals surface area (Å²) in [6, 6.07) is 7.71. The van der Waals surface area contributed by atoms with Crippen LogP contribution in [0.3, 0.4) is 0 Å². The molecular formula is C19H26Cl2N4O2. The predicted molar refractivity (Wildman–Crippen MR) is 107 cm³/mol. The van der Waals surface area contributed by atoms with Crippen molar-refractivity contribution in [3.05, 3.63) is 46.6 Å². The largest absolute Gasteiger partial charge is 0.339 e. The molecule has 1 atom stereocenters. The van der Waals surface area contributed by atoms with Crippen LogP contribution in [-0.2, 0) is 17.6 Å². The number of piperazine rings is 1. The van der Waals surface area contributed by atoms with E-state index in [4.69, 9.17) is 16.1 Å². The van der Waals surface area contributed by atoms with Crippen LogP contribution in [-0.4, -0.2) is 40.6 Å². The molecule has 0 spiro atoms. The topological polar surface area (TPSA) is 71.3 Å². The number of halogens is 2. The number of amides is 1. The highest BCUT2D eigenvalue weighted by atomic mass is 35.5. The Kier molecular flexibility index (Phi) is 8.54. The van der Waals surface area contributed by atoms with Crippen LogP contribution in [0.1, 0.15) is 49.5 Å². The molecule has 6 nitrogen and oxygen atoms in total. The number of nitrogens with one attached hydrogen (secondary N) is 1. The van der Waals surface area contributed by atoms with Crippen molar-refractivity contribution in [1.29, 1.82) is 0 Å². The van der Waals surface area contributed by atoms with Gasteiger partial charge in [0, 0.05) is 43.9 Å². The first-order chi connectivity index (χ1) is 12.7. The smallest absolute Gasteiger partial charge is 0.226 e. The minimum absolute atomic E-state index is 0. The zero-order chi connectivity index (χ0) is 18.4. The molecule has 27 heavy (non-hydrogen) atoms. The lowest BCUT2D eigenvalue weighted by Gasteiger charge is -2.37. The molecule has 1 fully saturated rings. The number of carbonyl (C=O) groups is 1. The van der Waals surface area contributed by atoms with E-state index < -0.39 is 0 Å². The van der Waals surface area contributed by atoms with E-state index in [1.54, 1.807) is 0 Å². The van der Waals surface area contributed by atoms with Crippen LogP contribution in [0.25, 0.3) is 0 Å². The number of carbonyl (C=O) groups excluding carboxylic acids is 1. The number of hydrogen-bond donors (Lipinski definition) is 1. The molecule has 148 valence electrons. The Hall–Kier alpha value is -1.63. The molecule has 1 aromatic carbocycles. The van der Waals surface area contributed by atoms with Gasteiger partial charge in [0.15, 0.2) is 5.82 Å². The molecule has 1 N–H and O–H groups in total. The average Bonchev–Trinajstić information content (AvgIpc) is 3.10. The van der Waals surface area contributed by atoms with Gasteiger partial charge in [0.05, 0.1) is 6.04 Å². The summed E-state index contributed by atoms with van der Waals surface area (Å²) in [5.41, 5.74) is 0.996. The zero-order valence-corrected chi connectivity index (χ0v) is 17.1. The van der Waals surface area contributed by atoms with Gasteiger partial charge in [-0.3, -0.25) is 4.79 Å². The van der Waals surface area contributed by atoms with E-state index in [9.17, 15) is 4.79 Å². The molecule has 0 radical (unpaired) electrons. The van der Waals surface area contributed by atoms with E-state index in [1.165, 1.54) is 0 Å². The molecule has 1 unspecified atom stereocenters. The molecule has 8 heteroatoms. The third-order valence-electron chi connectivity index (χ3n) is 4.59. The van der Waals surface area contributed by atoms with E-state index in [-0.39, 0.29) is 24.4 Å². The van der Waals surface area contributed by atoms with Crippen LogP contribution in [0.4, 0.5) is 0 Å². The molecule has 1 saturated heterocycles. The predicted octanol–water partition coefficient (Wildman–Crippen LogP) is 3.59. The summed E-state index contributed by atoms with van der Waals surface area (Å²) in [7, 11) is 0. The summed E-state index contributed by atoms with van der Waals surface area (Å²) in [4.78, 5) is 19.1. The van der Waals surface area contributed by atoms with Crippen molar-refractivity contribution in [3.8, 4) is 0 Å². The van der Waals surface area contributed by atoms with Gasteiger partial charge in [0.25, 0.3) is 0 Å². The van der Waals surface area contributed by atoms with Crippen molar-refractivity contribution >= 4 is 29.9 Å². The van der Waals surface area contributed by atoms with Gasteiger partial charge in [-0.15, -0.1) is 12.4 Å². The SMILES string of the molecule is CCCc1noc(CCCC(=O)N2CCNCC2c2ccccc2Cl)n1.Cl. The van der Waals surface area contributed by atoms with Crippen LogP contribution in [0, 0.1) is 0 Å². The van der Waals surface area contributed by atoms with Crippen LogP contribution < -0.4 is 5.32 Å². The first kappa shape index (κ1) is 21.7. The second kappa shape index (κ2) is 10.6. The monoisotopic (exact) mass is 412 g/mol. The van der Waals surface area contributed by atoms with Gasteiger partial charge in [-0.05, 0) is 24.5 Å². The quantitative estimate of drug-likeness (QED) is 0.751. The van der Waals surface area contributed by atoms with Gasteiger partial charge < -0.3 is 14.7 Å². The molecule has 1 amide bonds. The first-order valence-corrected chi connectivity index (χ1v) is 9.63. The standard InChI is InChI=1S/C19H25ClN4O2.ClH/c1-2-6-17-22-18(26-23-17)9-5-10-19(25)24-12-11-21-13-16(24)14-7-3-4-8-15(14)20;/h3-4,7-8,16,21H,2,5-6,9-13H2,1H3;1H. The van der Waals surface area contributed by atoms with Gasteiger partial charge in [-0.25, -0.2) is 0 Å². The fourth-order valence-corrected chi connectivity index (χ4v) is 3.54. The molecule has 2 aromatic rings. The first-order valence-electron chi connectivity index (χ1n) is 9.25. The minimum Gasteiger partial charge on any atom is -0.339 e. The summed E-state index contributed by atoms with van der Waals surface area (Å²) < 4.78 is 5.24. The zero-order valence-electron chi connectivity index (χ0n) is 15.5. The van der Waals surface area contributed by atoms with E-state index >= 15 is 0 Å². The third-order valence-corrected chi connectivity index (χ3v) is 4.94. The maximum atomic E-state index is 12.8. The fourth-order valence-electron chi connectivity index (χ4n) is 3.28. The average molecular weight is 413 g/mol. The van der Waals surface area contributed by atoms with Crippen molar-refractivity contribution in [2.45, 2.75) is 45.1 Å². The highest BCUT2D eigenvalue weighted by Gasteiger charge is 2.28. The van der Waals surface area contributed by atoms with Gasteiger partial charge >= 0.3 is 0 Å². The molecule has 0 aliphatic carbocycles. The Balaban J connectivity index is 0.00000261. The lowest BCUT2D eigenvalue weighted by atomic mass is 10.0. The normalized spacial score (nSPS) is 16.8. The molecule has 2 heterocycles. The summed E-state index contributed by atoms with van der Waals surface area (Å²) in [6.07, 6.45) is 3.61. The van der Waals surface area contributed by atoms with Crippen molar-refractivity contribution < 1.29 is 9.32 Å². The third kappa shape index (κ3) is 5.67. The number of nitrogens with zero attached hydrogens (tertiary/aromatic N) is 3. The molecule has 1 aliphatic rings. The summed E-state index contributed by atoms with van der Waals surface area (Å²) >= 11 is 6.35. The summed E-state index contributed by atoms with van der Waals surface area (Å²) in [5, 5.41) is 8.01. The molecule has 0 saturated carbocycles. The second-order valence-corrected chi connectivity index (χ2v) is 6.94. The van der Waals surface area contributed by atoms with Crippen LogP contribution >= 0.6 is 24.0 Å². The number of aryl methyl sites for hydroxylation is 2. The van der Waals surface area contributed by atoms with Gasteiger partial charge in [-0.1, -0.05) is 41.9 Å². The van der Waals surface area contributed by atoms with Crippen molar-refractivity contribution in [1.82, 2.24) is 20.4 Å². The number of hydrogen-bond acceptors (Lipinski definition) is 5. The van der Waals surface area contributed by atoms with Crippen LogP contribution in [0.15, 0.2) is 28.8 Å². The van der Waals surface area contributed by atoms with E-state index in [2.05, 4.69) is 22.4 Å². The summed E-state index contributed by atoms with van der Waals surface area (Å²) in [6.45, 7) is 4.30. The molecule has 1 aromatic heterocycles. The molecular weight excluding hydrogens is 387 g/mol. The Morgan fingerprint density at radius 3 is 2.96 bits per heavy atom. The molecule has 1 aliphatic heterocycles. The van der Waals surface area contributed by atoms with E-state index in [0.29, 0.717) is 36.7 Å². The summed E-state index contributed by atoms with van der Waals surface area (Å²) in [5.74, 6) is 1.50. The van der Waals surface area contributed by atoms with Crippen LogP contribution in [0.2, 0.25) is 5.02 Å². The Bertz CT molecular complexity index is 738. The number of rotatable bonds is 7. The Morgan fingerprint density at radius 2 is 2.19 bits per heavy atom. The van der Waals surface area contributed by atoms with E-state index in [1.807, 2.05) is 29.2 Å². The van der Waals surface area contributed by atoms with Gasteiger partial charge in [0.1, 0.15) is 0 Å². The second-order valence-electron chi connectivity index (χ2n) is 6.54. The van der Waals surface area contributed by atoms with Crippen molar-refractivity contribution in [2.75, 3.05) is 19.6 Å². The highest BCUT2D eigenvalue weighted by molar-refractivity contribution is 6.31. The van der Waals surface area contributed by atoms with Gasteiger partial charge in [0.2, 0.25) is 11.8 Å².